The lowest BCUT2D eigenvalue weighted by Crippen LogP contribution is -2.11. The number of pyridine rings is 1. The molecule has 1 aromatic heterocycles. The minimum atomic E-state index is 0.138. The molecule has 0 aliphatic heterocycles. The van der Waals surface area contributed by atoms with Gasteiger partial charge in [-0.1, -0.05) is 32.9 Å². The van der Waals surface area contributed by atoms with Gasteiger partial charge in [-0.05, 0) is 42.0 Å². The van der Waals surface area contributed by atoms with Gasteiger partial charge >= 0.3 is 0 Å². The highest BCUT2D eigenvalue weighted by Gasteiger charge is 2.15. The van der Waals surface area contributed by atoms with Crippen LogP contribution in [0.3, 0.4) is 0 Å². The monoisotopic (exact) mass is 270 g/mol. The molecule has 0 saturated carbocycles. The van der Waals surface area contributed by atoms with Crippen molar-refractivity contribution >= 4 is 5.69 Å². The second kappa shape index (κ2) is 5.16. The summed E-state index contributed by atoms with van der Waals surface area (Å²) in [5.41, 5.74) is 9.95. The SMILES string of the molecule is Cc1cc(Oc2ccc(C(C)(C)C)cc2C)ncc1N. The predicted octanol–water partition coefficient (Wildman–Crippen LogP) is 4.37. The number of anilines is 1. The van der Waals surface area contributed by atoms with Crippen molar-refractivity contribution < 1.29 is 4.74 Å². The smallest absolute Gasteiger partial charge is 0.219 e. The summed E-state index contributed by atoms with van der Waals surface area (Å²) in [6.07, 6.45) is 1.63. The van der Waals surface area contributed by atoms with Crippen LogP contribution >= 0.6 is 0 Å². The molecule has 0 spiro atoms. The van der Waals surface area contributed by atoms with Gasteiger partial charge in [0, 0.05) is 6.07 Å². The number of benzene rings is 1. The van der Waals surface area contributed by atoms with Crippen LogP contribution < -0.4 is 10.5 Å². The van der Waals surface area contributed by atoms with Crippen molar-refractivity contribution in [2.45, 2.75) is 40.0 Å². The van der Waals surface area contributed by atoms with Gasteiger partial charge in [0.15, 0.2) is 0 Å². The summed E-state index contributed by atoms with van der Waals surface area (Å²) in [7, 11) is 0. The lowest BCUT2D eigenvalue weighted by Gasteiger charge is -2.20. The number of ether oxygens (including phenoxy) is 1. The third-order valence-corrected chi connectivity index (χ3v) is 3.38. The molecule has 1 aromatic carbocycles. The quantitative estimate of drug-likeness (QED) is 0.881. The van der Waals surface area contributed by atoms with Crippen molar-refractivity contribution in [3.05, 3.63) is 47.2 Å². The zero-order valence-corrected chi connectivity index (χ0v) is 12.8. The third kappa shape index (κ3) is 3.10. The number of nitrogens with two attached hydrogens (primary N) is 1. The Bertz CT molecular complexity index is 627. The third-order valence-electron chi connectivity index (χ3n) is 3.38. The Hall–Kier alpha value is -2.03. The molecule has 3 heteroatoms. The molecular formula is C17H22N2O. The van der Waals surface area contributed by atoms with Gasteiger partial charge in [-0.3, -0.25) is 0 Å². The molecule has 0 fully saturated rings. The number of nitrogen functional groups attached to an aromatic ring is 1. The average molecular weight is 270 g/mol. The zero-order chi connectivity index (χ0) is 14.9. The van der Waals surface area contributed by atoms with Crippen molar-refractivity contribution in [2.75, 3.05) is 5.73 Å². The summed E-state index contributed by atoms with van der Waals surface area (Å²) in [6.45, 7) is 10.6. The molecule has 0 radical (unpaired) electrons. The molecule has 2 rings (SSSR count). The molecule has 0 aliphatic rings. The molecule has 2 N–H and O–H groups in total. The second-order valence-electron chi connectivity index (χ2n) is 6.21. The Balaban J connectivity index is 2.28. The molecule has 1 heterocycles. The van der Waals surface area contributed by atoms with E-state index in [0.717, 1.165) is 16.9 Å². The maximum absolute atomic E-state index is 5.85. The first-order valence-corrected chi connectivity index (χ1v) is 6.78. The fourth-order valence-corrected chi connectivity index (χ4v) is 1.94. The van der Waals surface area contributed by atoms with E-state index in [4.69, 9.17) is 10.5 Å². The Morgan fingerprint density at radius 3 is 2.30 bits per heavy atom. The zero-order valence-electron chi connectivity index (χ0n) is 12.8. The maximum Gasteiger partial charge on any atom is 0.219 e. The lowest BCUT2D eigenvalue weighted by molar-refractivity contribution is 0.458. The predicted molar refractivity (Wildman–Crippen MR) is 83.3 cm³/mol. The first-order valence-electron chi connectivity index (χ1n) is 6.78. The van der Waals surface area contributed by atoms with Gasteiger partial charge in [-0.15, -0.1) is 0 Å². The Morgan fingerprint density at radius 2 is 1.75 bits per heavy atom. The fourth-order valence-electron chi connectivity index (χ4n) is 1.94. The largest absolute Gasteiger partial charge is 0.439 e. The van der Waals surface area contributed by atoms with Gasteiger partial charge in [-0.25, -0.2) is 4.98 Å². The fraction of sp³-hybridized carbons (Fsp3) is 0.353. The van der Waals surface area contributed by atoms with Crippen LogP contribution in [0.5, 0.6) is 11.6 Å². The van der Waals surface area contributed by atoms with E-state index in [0.29, 0.717) is 11.6 Å². The Labute approximate surface area is 120 Å². The van der Waals surface area contributed by atoms with Crippen molar-refractivity contribution in [3.8, 4) is 11.6 Å². The highest BCUT2D eigenvalue weighted by Crippen LogP contribution is 2.30. The van der Waals surface area contributed by atoms with E-state index in [1.807, 2.05) is 19.1 Å². The molecule has 2 aromatic rings. The van der Waals surface area contributed by atoms with E-state index in [1.165, 1.54) is 5.56 Å². The molecule has 106 valence electrons. The summed E-state index contributed by atoms with van der Waals surface area (Å²) < 4.78 is 5.85. The molecule has 0 unspecified atom stereocenters. The van der Waals surface area contributed by atoms with E-state index in [9.17, 15) is 0 Å². The first-order chi connectivity index (χ1) is 9.27. The van der Waals surface area contributed by atoms with Gasteiger partial charge in [0.05, 0.1) is 11.9 Å². The summed E-state index contributed by atoms with van der Waals surface area (Å²) in [4.78, 5) is 4.20. The number of rotatable bonds is 2. The lowest BCUT2D eigenvalue weighted by atomic mass is 9.86. The number of hydrogen-bond donors (Lipinski definition) is 1. The van der Waals surface area contributed by atoms with Crippen molar-refractivity contribution in [1.29, 1.82) is 0 Å². The first kappa shape index (κ1) is 14.4. The molecule has 3 nitrogen and oxygen atoms in total. The standard InChI is InChI=1S/C17H22N2O/c1-11-9-16(19-10-14(11)18)20-15-7-6-13(8-12(15)2)17(3,4)5/h6-10H,18H2,1-5H3. The topological polar surface area (TPSA) is 48.1 Å². The van der Waals surface area contributed by atoms with E-state index in [-0.39, 0.29) is 5.41 Å². The summed E-state index contributed by atoms with van der Waals surface area (Å²) in [5.74, 6) is 1.40. The van der Waals surface area contributed by atoms with E-state index >= 15 is 0 Å². The Morgan fingerprint density at radius 1 is 1.05 bits per heavy atom. The van der Waals surface area contributed by atoms with Crippen LogP contribution in [0.4, 0.5) is 5.69 Å². The minimum absolute atomic E-state index is 0.138. The van der Waals surface area contributed by atoms with Crippen molar-refractivity contribution in [1.82, 2.24) is 4.98 Å². The van der Waals surface area contributed by atoms with Crippen LogP contribution in [0.2, 0.25) is 0 Å². The van der Waals surface area contributed by atoms with Crippen molar-refractivity contribution in [3.63, 3.8) is 0 Å². The molecule has 0 amide bonds. The Kier molecular flexibility index (Phi) is 3.71. The normalized spacial score (nSPS) is 11.4. The second-order valence-corrected chi connectivity index (χ2v) is 6.21. The number of aromatic nitrogens is 1. The number of aryl methyl sites for hydroxylation is 2. The number of hydrogen-bond acceptors (Lipinski definition) is 3. The van der Waals surface area contributed by atoms with Gasteiger partial charge in [0.25, 0.3) is 0 Å². The van der Waals surface area contributed by atoms with Crippen LogP contribution in [0.1, 0.15) is 37.5 Å². The highest BCUT2D eigenvalue weighted by atomic mass is 16.5. The summed E-state index contributed by atoms with van der Waals surface area (Å²) >= 11 is 0. The molecule has 0 aliphatic carbocycles. The van der Waals surface area contributed by atoms with Gasteiger partial charge in [-0.2, -0.15) is 0 Å². The van der Waals surface area contributed by atoms with E-state index in [1.54, 1.807) is 6.20 Å². The summed E-state index contributed by atoms with van der Waals surface area (Å²) in [6, 6.07) is 8.13. The van der Waals surface area contributed by atoms with Crippen LogP contribution in [0.15, 0.2) is 30.5 Å². The average Bonchev–Trinajstić information content (AvgIpc) is 2.35. The van der Waals surface area contributed by atoms with Crippen LogP contribution in [0, 0.1) is 13.8 Å². The van der Waals surface area contributed by atoms with Crippen molar-refractivity contribution in [2.24, 2.45) is 0 Å². The van der Waals surface area contributed by atoms with E-state index < -0.39 is 0 Å². The van der Waals surface area contributed by atoms with Crippen LogP contribution in [0.25, 0.3) is 0 Å². The van der Waals surface area contributed by atoms with Gasteiger partial charge < -0.3 is 10.5 Å². The molecule has 0 atom stereocenters. The minimum Gasteiger partial charge on any atom is -0.439 e. The molecule has 0 saturated heterocycles. The van der Waals surface area contributed by atoms with Gasteiger partial charge in [0.1, 0.15) is 5.75 Å². The summed E-state index contributed by atoms with van der Waals surface area (Å²) in [5, 5.41) is 0. The highest BCUT2D eigenvalue weighted by molar-refractivity contribution is 5.47. The molecule has 20 heavy (non-hydrogen) atoms. The van der Waals surface area contributed by atoms with Gasteiger partial charge in [0.2, 0.25) is 5.88 Å². The van der Waals surface area contributed by atoms with Crippen LogP contribution in [-0.2, 0) is 5.41 Å². The number of nitrogens with zero attached hydrogens (tertiary/aromatic N) is 1. The van der Waals surface area contributed by atoms with E-state index in [2.05, 4.69) is 44.8 Å². The molecular weight excluding hydrogens is 248 g/mol. The maximum atomic E-state index is 5.85. The molecule has 0 bridgehead atoms. The van der Waals surface area contributed by atoms with Crippen LogP contribution in [-0.4, -0.2) is 4.98 Å².